The highest BCUT2D eigenvalue weighted by atomic mass is 19.3. The predicted molar refractivity (Wildman–Crippen MR) is 54.9 cm³/mol. The molecule has 3 nitrogen and oxygen atoms in total. The van der Waals surface area contributed by atoms with Gasteiger partial charge in [-0.25, -0.2) is 13.8 Å². The van der Waals surface area contributed by atoms with Crippen molar-refractivity contribution in [3.63, 3.8) is 0 Å². The van der Waals surface area contributed by atoms with Crippen LogP contribution in [0, 0.1) is 0 Å². The van der Waals surface area contributed by atoms with E-state index >= 15 is 0 Å². The zero-order chi connectivity index (χ0) is 11.3. The minimum atomic E-state index is -2.43. The van der Waals surface area contributed by atoms with Crippen LogP contribution in [-0.2, 0) is 6.54 Å². The van der Waals surface area contributed by atoms with Gasteiger partial charge in [0.15, 0.2) is 0 Å². The van der Waals surface area contributed by atoms with E-state index in [1.807, 2.05) is 13.8 Å². The van der Waals surface area contributed by atoms with E-state index in [-0.39, 0.29) is 0 Å². The lowest BCUT2D eigenvalue weighted by Crippen LogP contribution is -2.30. The number of nitrogens with zero attached hydrogens (tertiary/aromatic N) is 2. The largest absolute Gasteiger partial charge is 0.333 e. The molecule has 1 heterocycles. The van der Waals surface area contributed by atoms with E-state index in [0.29, 0.717) is 12.4 Å². The van der Waals surface area contributed by atoms with Crippen LogP contribution in [0.5, 0.6) is 0 Å². The van der Waals surface area contributed by atoms with Crippen LogP contribution in [0.3, 0.4) is 0 Å². The quantitative estimate of drug-likeness (QED) is 0.791. The van der Waals surface area contributed by atoms with Crippen LogP contribution in [0.15, 0.2) is 12.4 Å². The summed E-state index contributed by atoms with van der Waals surface area (Å²) in [6, 6.07) is -0.962. The Morgan fingerprint density at radius 1 is 1.47 bits per heavy atom. The lowest BCUT2D eigenvalue weighted by Gasteiger charge is -2.17. The summed E-state index contributed by atoms with van der Waals surface area (Å²) in [5, 5.41) is 2.75. The van der Waals surface area contributed by atoms with E-state index in [9.17, 15) is 8.78 Å². The third-order valence-electron chi connectivity index (χ3n) is 2.17. The maximum absolute atomic E-state index is 12.8. The van der Waals surface area contributed by atoms with Crippen molar-refractivity contribution in [2.24, 2.45) is 0 Å². The van der Waals surface area contributed by atoms with E-state index in [1.54, 1.807) is 17.0 Å². The Bertz CT molecular complexity index is 286. The van der Waals surface area contributed by atoms with Crippen molar-refractivity contribution in [1.29, 1.82) is 0 Å². The van der Waals surface area contributed by atoms with E-state index in [4.69, 9.17) is 0 Å². The number of halogens is 2. The highest BCUT2D eigenvalue weighted by Crippen LogP contribution is 2.19. The second kappa shape index (κ2) is 5.80. The molecule has 1 aromatic heterocycles. The maximum atomic E-state index is 12.8. The second-order valence-corrected chi connectivity index (χ2v) is 3.35. The molecule has 0 saturated carbocycles. The standard InChI is InChI=1S/C10H17F2N3/c1-3-6-15-7-5-14-10(15)8(9(11)12)13-4-2/h5,7-9,13H,3-4,6H2,1-2H3. The number of hydrogen-bond donors (Lipinski definition) is 1. The molecule has 5 heteroatoms. The van der Waals surface area contributed by atoms with Crippen molar-refractivity contribution < 1.29 is 8.78 Å². The Labute approximate surface area is 88.5 Å². The van der Waals surface area contributed by atoms with Crippen molar-refractivity contribution in [3.05, 3.63) is 18.2 Å². The van der Waals surface area contributed by atoms with Gasteiger partial charge in [-0.1, -0.05) is 13.8 Å². The fourth-order valence-electron chi connectivity index (χ4n) is 1.54. The van der Waals surface area contributed by atoms with Gasteiger partial charge in [0.05, 0.1) is 0 Å². The molecule has 0 amide bonds. The summed E-state index contributed by atoms with van der Waals surface area (Å²) in [7, 11) is 0. The van der Waals surface area contributed by atoms with Crippen LogP contribution < -0.4 is 5.32 Å². The topological polar surface area (TPSA) is 29.9 Å². The predicted octanol–water partition coefficient (Wildman–Crippen LogP) is 2.21. The number of aromatic nitrogens is 2. The molecule has 0 spiro atoms. The molecule has 86 valence electrons. The van der Waals surface area contributed by atoms with Gasteiger partial charge in [-0.05, 0) is 13.0 Å². The van der Waals surface area contributed by atoms with Crippen LogP contribution in [0.2, 0.25) is 0 Å². The lowest BCUT2D eigenvalue weighted by atomic mass is 10.2. The van der Waals surface area contributed by atoms with Gasteiger partial charge in [0.25, 0.3) is 6.43 Å². The molecule has 15 heavy (non-hydrogen) atoms. The highest BCUT2D eigenvalue weighted by Gasteiger charge is 2.25. The molecule has 0 aliphatic carbocycles. The first-order chi connectivity index (χ1) is 7.20. The van der Waals surface area contributed by atoms with E-state index in [2.05, 4.69) is 10.3 Å². The van der Waals surface area contributed by atoms with E-state index < -0.39 is 12.5 Å². The maximum Gasteiger partial charge on any atom is 0.260 e. The molecule has 1 atom stereocenters. The number of hydrogen-bond acceptors (Lipinski definition) is 2. The van der Waals surface area contributed by atoms with Crippen molar-refractivity contribution in [3.8, 4) is 0 Å². The molecule has 0 bridgehead atoms. The number of alkyl halides is 2. The average molecular weight is 217 g/mol. The first-order valence-corrected chi connectivity index (χ1v) is 5.23. The summed E-state index contributed by atoms with van der Waals surface area (Å²) in [5.74, 6) is 0.425. The third kappa shape index (κ3) is 2.99. The van der Waals surface area contributed by atoms with E-state index in [0.717, 1.165) is 13.0 Å². The zero-order valence-corrected chi connectivity index (χ0v) is 9.08. The highest BCUT2D eigenvalue weighted by molar-refractivity contribution is 5.00. The van der Waals surface area contributed by atoms with Gasteiger partial charge >= 0.3 is 0 Å². The molecule has 1 aromatic rings. The van der Waals surface area contributed by atoms with Crippen molar-refractivity contribution in [1.82, 2.24) is 14.9 Å². The monoisotopic (exact) mass is 217 g/mol. The molecule has 0 saturated heterocycles. The molecular weight excluding hydrogens is 200 g/mol. The summed E-state index contributed by atoms with van der Waals surface area (Å²) in [5.41, 5.74) is 0. The SMILES string of the molecule is CCCn1ccnc1C(NCC)C(F)F. The van der Waals surface area contributed by atoms with Crippen molar-refractivity contribution >= 4 is 0 Å². The minimum Gasteiger partial charge on any atom is -0.333 e. The lowest BCUT2D eigenvalue weighted by molar-refractivity contribution is 0.0935. The summed E-state index contributed by atoms with van der Waals surface area (Å²) < 4.78 is 27.3. The van der Waals surface area contributed by atoms with E-state index in [1.165, 1.54) is 0 Å². The van der Waals surface area contributed by atoms with Gasteiger partial charge in [0.2, 0.25) is 0 Å². The molecular formula is C10H17F2N3. The van der Waals surface area contributed by atoms with Gasteiger partial charge in [0, 0.05) is 18.9 Å². The van der Waals surface area contributed by atoms with Crippen LogP contribution in [0.25, 0.3) is 0 Å². The molecule has 1 N–H and O–H groups in total. The Kier molecular flexibility index (Phi) is 4.68. The molecule has 0 aliphatic heterocycles. The Morgan fingerprint density at radius 3 is 2.73 bits per heavy atom. The first kappa shape index (κ1) is 12.1. The van der Waals surface area contributed by atoms with Crippen LogP contribution >= 0.6 is 0 Å². The zero-order valence-electron chi connectivity index (χ0n) is 9.08. The third-order valence-corrected chi connectivity index (χ3v) is 2.17. The van der Waals surface area contributed by atoms with Gasteiger partial charge in [-0.15, -0.1) is 0 Å². The van der Waals surface area contributed by atoms with Crippen molar-refractivity contribution in [2.45, 2.75) is 39.3 Å². The van der Waals surface area contributed by atoms with Crippen molar-refractivity contribution in [2.75, 3.05) is 6.54 Å². The Hall–Kier alpha value is -0.970. The van der Waals surface area contributed by atoms with Crippen LogP contribution in [0.4, 0.5) is 8.78 Å². The number of rotatable bonds is 6. The average Bonchev–Trinajstić information content (AvgIpc) is 2.62. The Morgan fingerprint density at radius 2 is 2.20 bits per heavy atom. The number of nitrogens with one attached hydrogen (secondary N) is 1. The first-order valence-electron chi connectivity index (χ1n) is 5.23. The summed E-state index contributed by atoms with van der Waals surface area (Å²) in [6.07, 6.45) is 1.79. The fraction of sp³-hybridized carbons (Fsp3) is 0.700. The number of aryl methyl sites for hydroxylation is 1. The fourth-order valence-corrected chi connectivity index (χ4v) is 1.54. The van der Waals surface area contributed by atoms with Crippen LogP contribution in [0.1, 0.15) is 32.1 Å². The summed E-state index contributed by atoms with van der Waals surface area (Å²) >= 11 is 0. The van der Waals surface area contributed by atoms with Gasteiger partial charge in [0.1, 0.15) is 11.9 Å². The van der Waals surface area contributed by atoms with Gasteiger partial charge in [-0.3, -0.25) is 0 Å². The Balaban J connectivity index is 2.84. The molecule has 0 radical (unpaired) electrons. The molecule has 0 aliphatic rings. The normalized spacial score (nSPS) is 13.4. The van der Waals surface area contributed by atoms with Gasteiger partial charge < -0.3 is 9.88 Å². The van der Waals surface area contributed by atoms with Gasteiger partial charge in [-0.2, -0.15) is 0 Å². The van der Waals surface area contributed by atoms with Crippen LogP contribution in [-0.4, -0.2) is 22.5 Å². The molecule has 1 unspecified atom stereocenters. The number of imidazole rings is 1. The minimum absolute atomic E-state index is 0.425. The molecule has 1 rings (SSSR count). The molecule has 0 fully saturated rings. The molecule has 0 aromatic carbocycles. The second-order valence-electron chi connectivity index (χ2n) is 3.35. The summed E-state index contributed by atoms with van der Waals surface area (Å²) in [6.45, 7) is 5.05. The smallest absolute Gasteiger partial charge is 0.260 e. The summed E-state index contributed by atoms with van der Waals surface area (Å²) in [4.78, 5) is 4.00.